The van der Waals surface area contributed by atoms with Crippen LogP contribution < -0.4 is 14.8 Å². The standard InChI is InChI=1S/C14H22N2O3S/c1-11-3-4-12(9-15-11)10-16-20(17,18)14-7-5-13(19-2)6-8-14/h5-8,11-12,15-16H,3-4,9-10H2,1-2H3. The third-order valence-electron chi connectivity index (χ3n) is 3.69. The van der Waals surface area contributed by atoms with E-state index in [9.17, 15) is 8.42 Å². The van der Waals surface area contributed by atoms with Gasteiger partial charge in [0.15, 0.2) is 0 Å². The van der Waals surface area contributed by atoms with E-state index in [0.717, 1.165) is 19.4 Å². The number of piperidine rings is 1. The van der Waals surface area contributed by atoms with Crippen molar-refractivity contribution in [2.24, 2.45) is 5.92 Å². The van der Waals surface area contributed by atoms with Gasteiger partial charge in [0, 0.05) is 12.6 Å². The van der Waals surface area contributed by atoms with Gasteiger partial charge in [-0.1, -0.05) is 0 Å². The van der Waals surface area contributed by atoms with Crippen LogP contribution in [-0.2, 0) is 10.0 Å². The molecule has 1 aromatic rings. The lowest BCUT2D eigenvalue weighted by Crippen LogP contribution is -2.41. The first-order chi connectivity index (χ1) is 9.51. The van der Waals surface area contributed by atoms with E-state index in [1.807, 2.05) is 0 Å². The first kappa shape index (κ1) is 15.3. The predicted molar refractivity (Wildman–Crippen MR) is 78.4 cm³/mol. The Bertz CT molecular complexity index is 520. The summed E-state index contributed by atoms with van der Waals surface area (Å²) in [7, 11) is -1.88. The van der Waals surface area contributed by atoms with Crippen molar-refractivity contribution in [3.8, 4) is 5.75 Å². The summed E-state index contributed by atoms with van der Waals surface area (Å²) >= 11 is 0. The summed E-state index contributed by atoms with van der Waals surface area (Å²) in [5.41, 5.74) is 0. The minimum absolute atomic E-state index is 0.274. The van der Waals surface area contributed by atoms with Gasteiger partial charge in [-0.25, -0.2) is 13.1 Å². The van der Waals surface area contributed by atoms with Crippen molar-refractivity contribution in [2.75, 3.05) is 20.2 Å². The molecule has 0 aromatic heterocycles. The van der Waals surface area contributed by atoms with E-state index in [4.69, 9.17) is 4.74 Å². The van der Waals surface area contributed by atoms with Gasteiger partial charge >= 0.3 is 0 Å². The van der Waals surface area contributed by atoms with E-state index in [-0.39, 0.29) is 4.90 Å². The number of hydrogen-bond acceptors (Lipinski definition) is 4. The Morgan fingerprint density at radius 3 is 2.55 bits per heavy atom. The molecule has 2 rings (SSSR count). The van der Waals surface area contributed by atoms with E-state index in [1.165, 1.54) is 0 Å². The van der Waals surface area contributed by atoms with Gasteiger partial charge < -0.3 is 10.1 Å². The van der Waals surface area contributed by atoms with Crippen LogP contribution in [-0.4, -0.2) is 34.7 Å². The van der Waals surface area contributed by atoms with Crippen molar-refractivity contribution in [1.82, 2.24) is 10.0 Å². The molecule has 1 saturated heterocycles. The first-order valence-electron chi connectivity index (χ1n) is 6.88. The van der Waals surface area contributed by atoms with Gasteiger partial charge in [0.2, 0.25) is 10.0 Å². The van der Waals surface area contributed by atoms with E-state index >= 15 is 0 Å². The summed E-state index contributed by atoms with van der Waals surface area (Å²) < 4.78 is 32.0. The first-order valence-corrected chi connectivity index (χ1v) is 8.36. The summed E-state index contributed by atoms with van der Waals surface area (Å²) in [5.74, 6) is 1.01. The lowest BCUT2D eigenvalue weighted by molar-refractivity contribution is 0.323. The smallest absolute Gasteiger partial charge is 0.240 e. The molecule has 0 radical (unpaired) electrons. The highest BCUT2D eigenvalue weighted by atomic mass is 32.2. The van der Waals surface area contributed by atoms with Crippen LogP contribution in [0.1, 0.15) is 19.8 Å². The van der Waals surface area contributed by atoms with Crippen molar-refractivity contribution in [3.05, 3.63) is 24.3 Å². The van der Waals surface area contributed by atoms with Gasteiger partial charge in [-0.3, -0.25) is 0 Å². The van der Waals surface area contributed by atoms with E-state index < -0.39 is 10.0 Å². The third kappa shape index (κ3) is 3.94. The number of ether oxygens (including phenoxy) is 1. The van der Waals surface area contributed by atoms with Crippen molar-refractivity contribution in [2.45, 2.75) is 30.7 Å². The SMILES string of the molecule is COc1ccc(S(=O)(=O)NCC2CCC(C)NC2)cc1. The molecule has 112 valence electrons. The third-order valence-corrected chi connectivity index (χ3v) is 5.13. The monoisotopic (exact) mass is 298 g/mol. The van der Waals surface area contributed by atoms with Crippen molar-refractivity contribution >= 4 is 10.0 Å². The Morgan fingerprint density at radius 1 is 1.30 bits per heavy atom. The molecule has 2 unspecified atom stereocenters. The lowest BCUT2D eigenvalue weighted by atomic mass is 9.96. The number of benzene rings is 1. The molecule has 0 aliphatic carbocycles. The molecule has 0 amide bonds. The molecule has 6 heteroatoms. The van der Waals surface area contributed by atoms with Gasteiger partial charge in [-0.15, -0.1) is 0 Å². The molecule has 1 fully saturated rings. The molecule has 1 heterocycles. The largest absolute Gasteiger partial charge is 0.497 e. The Hall–Kier alpha value is -1.11. The van der Waals surface area contributed by atoms with Crippen LogP contribution in [0.5, 0.6) is 5.75 Å². The van der Waals surface area contributed by atoms with Gasteiger partial charge in [0.1, 0.15) is 5.75 Å². The highest BCUT2D eigenvalue weighted by molar-refractivity contribution is 7.89. The second-order valence-electron chi connectivity index (χ2n) is 5.28. The summed E-state index contributed by atoms with van der Waals surface area (Å²) in [6.45, 7) is 3.50. The van der Waals surface area contributed by atoms with E-state index in [2.05, 4.69) is 17.0 Å². The van der Waals surface area contributed by atoms with E-state index in [1.54, 1.807) is 31.4 Å². The lowest BCUT2D eigenvalue weighted by Gasteiger charge is -2.27. The van der Waals surface area contributed by atoms with Crippen LogP contribution in [0.25, 0.3) is 0 Å². The second kappa shape index (κ2) is 6.56. The van der Waals surface area contributed by atoms with E-state index in [0.29, 0.717) is 24.3 Å². The molecule has 0 saturated carbocycles. The molecule has 5 nitrogen and oxygen atoms in total. The quantitative estimate of drug-likeness (QED) is 0.861. The van der Waals surface area contributed by atoms with Crippen molar-refractivity contribution < 1.29 is 13.2 Å². The topological polar surface area (TPSA) is 67.4 Å². The minimum atomic E-state index is -3.43. The number of rotatable bonds is 5. The molecule has 1 aromatic carbocycles. The maximum absolute atomic E-state index is 12.2. The van der Waals surface area contributed by atoms with Crippen LogP contribution in [0.15, 0.2) is 29.2 Å². The van der Waals surface area contributed by atoms with Crippen molar-refractivity contribution in [1.29, 1.82) is 0 Å². The molecule has 0 bridgehead atoms. The number of hydrogen-bond donors (Lipinski definition) is 2. The minimum Gasteiger partial charge on any atom is -0.497 e. The van der Waals surface area contributed by atoms with Crippen LogP contribution in [0.2, 0.25) is 0 Å². The van der Waals surface area contributed by atoms with Crippen molar-refractivity contribution in [3.63, 3.8) is 0 Å². The summed E-state index contributed by atoms with van der Waals surface area (Å²) in [6.07, 6.45) is 2.15. The van der Waals surface area contributed by atoms with Gasteiger partial charge in [-0.05, 0) is 56.5 Å². The number of nitrogens with one attached hydrogen (secondary N) is 2. The highest BCUT2D eigenvalue weighted by Gasteiger charge is 2.20. The Kier molecular flexibility index (Phi) is 5.01. The predicted octanol–water partition coefficient (Wildman–Crippen LogP) is 1.36. The van der Waals surface area contributed by atoms with Crippen LogP contribution >= 0.6 is 0 Å². The molecular formula is C14H22N2O3S. The zero-order valence-electron chi connectivity index (χ0n) is 11.9. The van der Waals surface area contributed by atoms with Gasteiger partial charge in [0.05, 0.1) is 12.0 Å². The number of methoxy groups -OCH3 is 1. The maximum Gasteiger partial charge on any atom is 0.240 e. The van der Waals surface area contributed by atoms with Crippen LogP contribution in [0.4, 0.5) is 0 Å². The zero-order chi connectivity index (χ0) is 14.6. The maximum atomic E-state index is 12.2. The normalized spacial score (nSPS) is 23.5. The molecule has 1 aliphatic heterocycles. The summed E-state index contributed by atoms with van der Waals surface area (Å²) in [5, 5.41) is 3.37. The average molecular weight is 298 g/mol. The molecular weight excluding hydrogens is 276 g/mol. The Balaban J connectivity index is 1.93. The molecule has 0 spiro atoms. The summed E-state index contributed by atoms with van der Waals surface area (Å²) in [4.78, 5) is 0.274. The Morgan fingerprint density at radius 2 is 2.00 bits per heavy atom. The Labute approximate surface area is 120 Å². The van der Waals surface area contributed by atoms with Gasteiger partial charge in [0.25, 0.3) is 0 Å². The average Bonchev–Trinajstić information content (AvgIpc) is 2.47. The van der Waals surface area contributed by atoms with Crippen LogP contribution in [0.3, 0.4) is 0 Å². The summed E-state index contributed by atoms with van der Waals surface area (Å²) in [6, 6.07) is 6.95. The van der Waals surface area contributed by atoms with Crippen LogP contribution in [0, 0.1) is 5.92 Å². The second-order valence-corrected chi connectivity index (χ2v) is 7.05. The fraction of sp³-hybridized carbons (Fsp3) is 0.571. The fourth-order valence-electron chi connectivity index (χ4n) is 2.30. The molecule has 1 aliphatic rings. The highest BCUT2D eigenvalue weighted by Crippen LogP contribution is 2.17. The molecule has 2 atom stereocenters. The van der Waals surface area contributed by atoms with Gasteiger partial charge in [-0.2, -0.15) is 0 Å². The zero-order valence-corrected chi connectivity index (χ0v) is 12.7. The fourth-order valence-corrected chi connectivity index (χ4v) is 3.41. The molecule has 2 N–H and O–H groups in total. The number of sulfonamides is 1. The molecule has 20 heavy (non-hydrogen) atoms.